The molecule has 0 unspecified atom stereocenters. The van der Waals surface area contributed by atoms with Crippen molar-refractivity contribution in [1.29, 1.82) is 0 Å². The van der Waals surface area contributed by atoms with Crippen molar-refractivity contribution in [3.05, 3.63) is 65.6 Å². The number of aromatic nitrogens is 2. The lowest BCUT2D eigenvalue weighted by Gasteiger charge is -2.36. The molecule has 4 rings (SSSR count). The minimum Gasteiger partial charge on any atom is -0.494 e. The molecule has 1 fully saturated rings. The molecule has 1 atom stereocenters. The maximum Gasteiger partial charge on any atom is 0.247 e. The second kappa shape index (κ2) is 8.89. The number of methoxy groups -OCH3 is 1. The van der Waals surface area contributed by atoms with E-state index in [-0.39, 0.29) is 23.4 Å². The summed E-state index contributed by atoms with van der Waals surface area (Å²) in [5, 5.41) is 8.29. The first-order chi connectivity index (χ1) is 14.5. The smallest absolute Gasteiger partial charge is 0.247 e. The lowest BCUT2D eigenvalue weighted by Crippen LogP contribution is -2.46. The van der Waals surface area contributed by atoms with Gasteiger partial charge in [0, 0.05) is 38.3 Å². The number of benzene rings is 2. The molecule has 1 aliphatic rings. The number of hydrogen-bond donors (Lipinski definition) is 0. The first-order valence-electron chi connectivity index (χ1n) is 9.91. The third-order valence-electron chi connectivity index (χ3n) is 5.47. The molecule has 0 bridgehead atoms. The number of hydrogen-bond acceptors (Lipinski definition) is 6. The molecule has 1 saturated heterocycles. The van der Waals surface area contributed by atoms with Gasteiger partial charge in [0.05, 0.1) is 13.2 Å². The van der Waals surface area contributed by atoms with Gasteiger partial charge in [-0.25, -0.2) is 8.78 Å². The highest BCUT2D eigenvalue weighted by molar-refractivity contribution is 5.52. The van der Waals surface area contributed by atoms with Crippen molar-refractivity contribution in [2.45, 2.75) is 19.5 Å². The molecule has 158 valence electrons. The van der Waals surface area contributed by atoms with Crippen LogP contribution in [0.3, 0.4) is 0 Å². The van der Waals surface area contributed by atoms with Gasteiger partial charge in [-0.2, -0.15) is 0 Å². The Kier molecular flexibility index (Phi) is 6.06. The van der Waals surface area contributed by atoms with E-state index in [1.165, 1.54) is 25.3 Å². The summed E-state index contributed by atoms with van der Waals surface area (Å²) in [5.74, 6) is 0.548. The van der Waals surface area contributed by atoms with Gasteiger partial charge in [0.2, 0.25) is 11.8 Å². The number of halogens is 2. The van der Waals surface area contributed by atoms with E-state index in [9.17, 15) is 8.78 Å². The Labute approximate surface area is 174 Å². The highest BCUT2D eigenvalue weighted by Crippen LogP contribution is 2.25. The molecule has 0 spiro atoms. The van der Waals surface area contributed by atoms with Crippen LogP contribution in [-0.2, 0) is 6.54 Å². The van der Waals surface area contributed by atoms with Crippen molar-refractivity contribution in [1.82, 2.24) is 20.0 Å². The van der Waals surface area contributed by atoms with E-state index in [0.29, 0.717) is 23.9 Å². The average Bonchev–Trinajstić information content (AvgIpc) is 3.25. The summed E-state index contributed by atoms with van der Waals surface area (Å²) in [5.41, 5.74) is 1.62. The first kappa shape index (κ1) is 20.4. The maximum atomic E-state index is 13.9. The molecule has 30 heavy (non-hydrogen) atoms. The Morgan fingerprint density at radius 2 is 1.77 bits per heavy atom. The summed E-state index contributed by atoms with van der Waals surface area (Å²) < 4.78 is 37.8. The van der Waals surface area contributed by atoms with Crippen LogP contribution in [0.25, 0.3) is 11.5 Å². The van der Waals surface area contributed by atoms with Gasteiger partial charge in [0.15, 0.2) is 11.6 Å². The van der Waals surface area contributed by atoms with Gasteiger partial charge < -0.3 is 9.15 Å². The zero-order valence-corrected chi connectivity index (χ0v) is 17.0. The zero-order chi connectivity index (χ0) is 21.1. The van der Waals surface area contributed by atoms with E-state index in [4.69, 9.17) is 9.15 Å². The molecule has 1 aromatic heterocycles. The van der Waals surface area contributed by atoms with Crippen LogP contribution in [0.2, 0.25) is 0 Å². The number of ether oxygens (including phenoxy) is 1. The minimum absolute atomic E-state index is 0.0210. The molecule has 2 heterocycles. The maximum absolute atomic E-state index is 13.9. The third kappa shape index (κ3) is 4.49. The Morgan fingerprint density at radius 3 is 2.43 bits per heavy atom. The molecule has 0 N–H and O–H groups in total. The second-order valence-corrected chi connectivity index (χ2v) is 7.41. The molecule has 0 amide bonds. The standard InChI is InChI=1S/C22H24F2N4O2/c1-15(21-25-26-22(30-21)17-4-6-18(23)7-5-17)28-11-9-27(10-12-28)14-16-3-8-20(29-2)19(24)13-16/h3-8,13,15H,9-12,14H2,1-2H3/t15-/m0/s1. The van der Waals surface area contributed by atoms with Crippen LogP contribution in [0.15, 0.2) is 46.9 Å². The normalized spacial score (nSPS) is 16.5. The van der Waals surface area contributed by atoms with E-state index in [0.717, 1.165) is 31.7 Å². The Bertz CT molecular complexity index is 985. The van der Waals surface area contributed by atoms with E-state index >= 15 is 0 Å². The largest absolute Gasteiger partial charge is 0.494 e. The highest BCUT2D eigenvalue weighted by atomic mass is 19.1. The van der Waals surface area contributed by atoms with Crippen molar-refractivity contribution in [2.24, 2.45) is 0 Å². The van der Waals surface area contributed by atoms with Crippen LogP contribution in [0.1, 0.15) is 24.4 Å². The third-order valence-corrected chi connectivity index (χ3v) is 5.47. The molecule has 2 aromatic carbocycles. The summed E-state index contributed by atoms with van der Waals surface area (Å²) in [6, 6.07) is 11.1. The van der Waals surface area contributed by atoms with E-state index in [2.05, 4.69) is 20.0 Å². The van der Waals surface area contributed by atoms with Gasteiger partial charge in [-0.1, -0.05) is 6.07 Å². The average molecular weight is 414 g/mol. The van der Waals surface area contributed by atoms with Crippen LogP contribution < -0.4 is 4.74 Å². The Balaban J connectivity index is 1.34. The summed E-state index contributed by atoms with van der Waals surface area (Å²) >= 11 is 0. The SMILES string of the molecule is COc1ccc(CN2CCN([C@@H](C)c3nnc(-c4ccc(F)cc4)o3)CC2)cc1F. The van der Waals surface area contributed by atoms with Crippen molar-refractivity contribution >= 4 is 0 Å². The zero-order valence-electron chi connectivity index (χ0n) is 17.0. The predicted octanol–water partition coefficient (Wildman–Crippen LogP) is 3.90. The number of piperazine rings is 1. The Hall–Kier alpha value is -2.84. The van der Waals surface area contributed by atoms with Crippen molar-refractivity contribution in [2.75, 3.05) is 33.3 Å². The fraction of sp³-hybridized carbons (Fsp3) is 0.364. The van der Waals surface area contributed by atoms with Crippen LogP contribution in [0.4, 0.5) is 8.78 Å². The quantitative estimate of drug-likeness (QED) is 0.610. The van der Waals surface area contributed by atoms with Crippen molar-refractivity contribution < 1.29 is 17.9 Å². The van der Waals surface area contributed by atoms with Gasteiger partial charge >= 0.3 is 0 Å². The highest BCUT2D eigenvalue weighted by Gasteiger charge is 2.26. The van der Waals surface area contributed by atoms with Gasteiger partial charge in [0.1, 0.15) is 5.82 Å². The molecule has 0 radical (unpaired) electrons. The fourth-order valence-corrected chi connectivity index (χ4v) is 3.64. The van der Waals surface area contributed by atoms with E-state index in [1.54, 1.807) is 18.2 Å². The molecule has 1 aliphatic heterocycles. The number of rotatable bonds is 6. The fourth-order valence-electron chi connectivity index (χ4n) is 3.64. The molecule has 3 aromatic rings. The van der Waals surface area contributed by atoms with Crippen molar-refractivity contribution in [3.63, 3.8) is 0 Å². The van der Waals surface area contributed by atoms with Crippen molar-refractivity contribution in [3.8, 4) is 17.2 Å². The molecule has 0 aliphatic carbocycles. The predicted molar refractivity (Wildman–Crippen MR) is 108 cm³/mol. The summed E-state index contributed by atoms with van der Waals surface area (Å²) in [6.45, 7) is 6.13. The van der Waals surface area contributed by atoms with E-state index in [1.807, 2.05) is 13.0 Å². The topological polar surface area (TPSA) is 54.6 Å². The van der Waals surface area contributed by atoms with Gasteiger partial charge in [-0.15, -0.1) is 10.2 Å². The van der Waals surface area contributed by atoms with E-state index < -0.39 is 0 Å². The lowest BCUT2D eigenvalue weighted by molar-refractivity contribution is 0.0875. The van der Waals surface area contributed by atoms with Gasteiger partial charge in [-0.05, 0) is 48.9 Å². The monoisotopic (exact) mass is 414 g/mol. The molecule has 6 nitrogen and oxygen atoms in total. The molecule has 8 heteroatoms. The van der Waals surface area contributed by atoms with Crippen LogP contribution in [0.5, 0.6) is 5.75 Å². The minimum atomic E-state index is -0.337. The van der Waals surface area contributed by atoms with Crippen LogP contribution in [0, 0.1) is 11.6 Å². The number of nitrogens with zero attached hydrogens (tertiary/aromatic N) is 4. The first-order valence-corrected chi connectivity index (χ1v) is 9.91. The van der Waals surface area contributed by atoms with Gasteiger partial charge in [-0.3, -0.25) is 9.80 Å². The molecule has 0 saturated carbocycles. The van der Waals surface area contributed by atoms with Crippen LogP contribution >= 0.6 is 0 Å². The Morgan fingerprint density at radius 1 is 1.03 bits per heavy atom. The summed E-state index contributed by atoms with van der Waals surface area (Å²) in [4.78, 5) is 4.58. The molecular formula is C22H24F2N4O2. The van der Waals surface area contributed by atoms with Gasteiger partial charge in [0.25, 0.3) is 0 Å². The summed E-state index contributed by atoms with van der Waals surface area (Å²) in [7, 11) is 1.46. The lowest BCUT2D eigenvalue weighted by atomic mass is 10.1. The summed E-state index contributed by atoms with van der Waals surface area (Å²) in [6.07, 6.45) is 0. The molecular weight excluding hydrogens is 390 g/mol. The second-order valence-electron chi connectivity index (χ2n) is 7.41. The van der Waals surface area contributed by atoms with Crippen LogP contribution in [-0.4, -0.2) is 53.3 Å².